The van der Waals surface area contributed by atoms with Crippen molar-refractivity contribution in [3.8, 4) is 34.3 Å². The third-order valence-electron chi connectivity index (χ3n) is 5.48. The van der Waals surface area contributed by atoms with Gasteiger partial charge in [-0.2, -0.15) is 0 Å². The van der Waals surface area contributed by atoms with E-state index in [0.717, 1.165) is 29.0 Å². The molecule has 184 valence electrons. The first kappa shape index (κ1) is 24.1. The Kier molecular flexibility index (Phi) is 7.87. The van der Waals surface area contributed by atoms with E-state index in [4.69, 9.17) is 18.9 Å². The molecule has 0 aliphatic carbocycles. The maximum Gasteiger partial charge on any atom is 0.307 e. The van der Waals surface area contributed by atoms with Gasteiger partial charge in [0.25, 0.3) is 0 Å². The molecule has 1 aromatic heterocycles. The molecule has 1 aliphatic rings. The van der Waals surface area contributed by atoms with E-state index < -0.39 is 5.97 Å². The van der Waals surface area contributed by atoms with Gasteiger partial charge in [0.15, 0.2) is 11.5 Å². The quantitative estimate of drug-likeness (QED) is 0.421. The van der Waals surface area contributed by atoms with Crippen LogP contribution in [0.1, 0.15) is 24.5 Å². The molecule has 35 heavy (non-hydrogen) atoms. The lowest BCUT2D eigenvalue weighted by molar-refractivity contribution is -0.136. The summed E-state index contributed by atoms with van der Waals surface area (Å²) in [5.41, 5.74) is 3.17. The van der Waals surface area contributed by atoms with Crippen molar-refractivity contribution in [3.63, 3.8) is 0 Å². The van der Waals surface area contributed by atoms with Crippen molar-refractivity contribution in [3.05, 3.63) is 53.9 Å². The number of carboxylic acids is 1. The van der Waals surface area contributed by atoms with Crippen LogP contribution in [0, 0.1) is 0 Å². The van der Waals surface area contributed by atoms with E-state index in [1.165, 1.54) is 6.33 Å². The van der Waals surface area contributed by atoms with Gasteiger partial charge in [0, 0.05) is 29.8 Å². The highest BCUT2D eigenvalue weighted by atomic mass is 16.6. The minimum absolute atomic E-state index is 0.0980. The fourth-order valence-corrected chi connectivity index (χ4v) is 3.80. The SMILES string of the molecule is CCCOc1cc(-c2cc(NCCc3cc4c(cc3OC)OCCO4)ncn2)ccc1CC(=O)O. The van der Waals surface area contributed by atoms with Crippen molar-refractivity contribution in [2.75, 3.05) is 38.8 Å². The molecule has 1 aliphatic heterocycles. The molecule has 3 aromatic rings. The van der Waals surface area contributed by atoms with Gasteiger partial charge in [-0.25, -0.2) is 9.97 Å². The highest BCUT2D eigenvalue weighted by molar-refractivity contribution is 5.73. The van der Waals surface area contributed by atoms with Gasteiger partial charge >= 0.3 is 5.97 Å². The minimum Gasteiger partial charge on any atom is -0.496 e. The molecule has 2 heterocycles. The minimum atomic E-state index is -0.901. The van der Waals surface area contributed by atoms with Gasteiger partial charge in [-0.3, -0.25) is 4.79 Å². The summed E-state index contributed by atoms with van der Waals surface area (Å²) in [5.74, 6) is 2.51. The largest absolute Gasteiger partial charge is 0.496 e. The summed E-state index contributed by atoms with van der Waals surface area (Å²) < 4.78 is 22.7. The average Bonchev–Trinajstić information content (AvgIpc) is 2.87. The topological polar surface area (TPSA) is 112 Å². The molecule has 0 radical (unpaired) electrons. The maximum atomic E-state index is 11.2. The third-order valence-corrected chi connectivity index (χ3v) is 5.48. The van der Waals surface area contributed by atoms with Crippen molar-refractivity contribution in [1.82, 2.24) is 9.97 Å². The number of ether oxygens (including phenoxy) is 4. The zero-order valence-electron chi connectivity index (χ0n) is 19.9. The van der Waals surface area contributed by atoms with Gasteiger partial charge in [0.2, 0.25) is 0 Å². The second-order valence-electron chi connectivity index (χ2n) is 8.01. The number of anilines is 1. The van der Waals surface area contributed by atoms with Crippen molar-refractivity contribution >= 4 is 11.8 Å². The molecular formula is C26H29N3O6. The van der Waals surface area contributed by atoms with E-state index in [0.29, 0.717) is 61.4 Å². The van der Waals surface area contributed by atoms with Crippen LogP contribution in [0.3, 0.4) is 0 Å². The van der Waals surface area contributed by atoms with Crippen molar-refractivity contribution in [2.24, 2.45) is 0 Å². The molecule has 0 unspecified atom stereocenters. The van der Waals surface area contributed by atoms with E-state index in [2.05, 4.69) is 15.3 Å². The van der Waals surface area contributed by atoms with Crippen LogP contribution in [-0.2, 0) is 17.6 Å². The van der Waals surface area contributed by atoms with E-state index in [1.54, 1.807) is 13.2 Å². The van der Waals surface area contributed by atoms with Gasteiger partial charge < -0.3 is 29.4 Å². The molecule has 9 heteroatoms. The first-order valence-electron chi connectivity index (χ1n) is 11.6. The second kappa shape index (κ2) is 11.4. The molecule has 0 saturated heterocycles. The predicted octanol–water partition coefficient (Wildman–Crippen LogP) is 3.99. The van der Waals surface area contributed by atoms with Crippen LogP contribution < -0.4 is 24.3 Å². The third kappa shape index (κ3) is 6.11. The summed E-state index contributed by atoms with van der Waals surface area (Å²) in [6.45, 7) is 4.19. The molecular weight excluding hydrogens is 450 g/mol. The zero-order valence-corrected chi connectivity index (χ0v) is 19.9. The highest BCUT2D eigenvalue weighted by Crippen LogP contribution is 2.37. The predicted molar refractivity (Wildman–Crippen MR) is 131 cm³/mol. The molecule has 0 spiro atoms. The number of benzene rings is 2. The number of nitrogens with one attached hydrogen (secondary N) is 1. The number of nitrogens with zero attached hydrogens (tertiary/aromatic N) is 2. The number of fused-ring (bicyclic) bond motifs is 1. The number of methoxy groups -OCH3 is 1. The fraction of sp³-hybridized carbons (Fsp3) is 0.346. The first-order chi connectivity index (χ1) is 17.1. The number of rotatable bonds is 11. The van der Waals surface area contributed by atoms with Gasteiger partial charge in [-0.1, -0.05) is 19.1 Å². The fourth-order valence-electron chi connectivity index (χ4n) is 3.80. The van der Waals surface area contributed by atoms with Crippen LogP contribution >= 0.6 is 0 Å². The van der Waals surface area contributed by atoms with Crippen molar-refractivity contribution in [2.45, 2.75) is 26.2 Å². The lowest BCUT2D eigenvalue weighted by Gasteiger charge is -2.20. The summed E-state index contributed by atoms with van der Waals surface area (Å²) in [7, 11) is 1.64. The molecule has 9 nitrogen and oxygen atoms in total. The Balaban J connectivity index is 1.46. The summed E-state index contributed by atoms with van der Waals surface area (Å²) >= 11 is 0. The number of carboxylic acid groups (broad SMARTS) is 1. The molecule has 0 amide bonds. The Labute approximate surface area is 204 Å². The Bertz CT molecular complexity index is 1180. The Morgan fingerprint density at radius 3 is 2.60 bits per heavy atom. The number of carbonyl (C=O) groups is 1. The Morgan fingerprint density at radius 1 is 1.06 bits per heavy atom. The lowest BCUT2D eigenvalue weighted by atomic mass is 10.1. The van der Waals surface area contributed by atoms with Crippen LogP contribution in [0.25, 0.3) is 11.3 Å². The van der Waals surface area contributed by atoms with Crippen LogP contribution in [0.5, 0.6) is 23.0 Å². The number of hydrogen-bond acceptors (Lipinski definition) is 8. The molecule has 0 bridgehead atoms. The number of aliphatic carboxylic acids is 1. The monoisotopic (exact) mass is 479 g/mol. The molecule has 2 N–H and O–H groups in total. The molecule has 0 fully saturated rings. The van der Waals surface area contributed by atoms with Crippen LogP contribution in [0.2, 0.25) is 0 Å². The van der Waals surface area contributed by atoms with Crippen LogP contribution in [0.4, 0.5) is 5.82 Å². The second-order valence-corrected chi connectivity index (χ2v) is 8.01. The van der Waals surface area contributed by atoms with Crippen molar-refractivity contribution in [1.29, 1.82) is 0 Å². The smallest absolute Gasteiger partial charge is 0.307 e. The van der Waals surface area contributed by atoms with E-state index in [1.807, 2.05) is 37.3 Å². The van der Waals surface area contributed by atoms with Crippen LogP contribution in [0.15, 0.2) is 42.7 Å². The lowest BCUT2D eigenvalue weighted by Crippen LogP contribution is -2.16. The molecule has 4 rings (SSSR count). The summed E-state index contributed by atoms with van der Waals surface area (Å²) in [4.78, 5) is 19.9. The van der Waals surface area contributed by atoms with E-state index >= 15 is 0 Å². The molecule has 0 atom stereocenters. The van der Waals surface area contributed by atoms with E-state index in [-0.39, 0.29) is 6.42 Å². The van der Waals surface area contributed by atoms with Gasteiger partial charge in [-0.15, -0.1) is 0 Å². The standard InChI is InChI=1S/C26H29N3O6/c1-3-8-33-22-11-17(4-5-18(22)13-26(30)31)20-14-25(29-16-28-20)27-7-6-19-12-23-24(15-21(19)32-2)35-10-9-34-23/h4-5,11-12,14-16H,3,6-10,13H2,1-2H3,(H,30,31)(H,27,28,29). The van der Waals surface area contributed by atoms with Gasteiger partial charge in [0.05, 0.1) is 25.8 Å². The number of hydrogen-bond donors (Lipinski definition) is 2. The Hall–Kier alpha value is -4.01. The van der Waals surface area contributed by atoms with Gasteiger partial charge in [0.1, 0.15) is 36.9 Å². The summed E-state index contributed by atoms with van der Waals surface area (Å²) in [6.07, 6.45) is 2.92. The molecule has 2 aromatic carbocycles. The highest BCUT2D eigenvalue weighted by Gasteiger charge is 2.16. The van der Waals surface area contributed by atoms with Gasteiger partial charge in [-0.05, 0) is 30.5 Å². The molecule has 0 saturated carbocycles. The zero-order chi connectivity index (χ0) is 24.6. The number of aromatic nitrogens is 2. The van der Waals surface area contributed by atoms with E-state index in [9.17, 15) is 9.90 Å². The normalized spacial score (nSPS) is 12.2. The maximum absolute atomic E-state index is 11.2. The Morgan fingerprint density at radius 2 is 1.86 bits per heavy atom. The van der Waals surface area contributed by atoms with Crippen molar-refractivity contribution < 1.29 is 28.8 Å². The van der Waals surface area contributed by atoms with Crippen LogP contribution in [-0.4, -0.2) is 54.5 Å². The summed E-state index contributed by atoms with van der Waals surface area (Å²) in [5, 5.41) is 12.5. The summed E-state index contributed by atoms with van der Waals surface area (Å²) in [6, 6.07) is 11.1. The average molecular weight is 480 g/mol. The first-order valence-corrected chi connectivity index (χ1v) is 11.6.